The van der Waals surface area contributed by atoms with E-state index in [4.69, 9.17) is 4.74 Å². The first-order chi connectivity index (χ1) is 32.5. The van der Waals surface area contributed by atoms with Crippen LogP contribution in [0.4, 0.5) is 0 Å². The second kappa shape index (κ2) is 53.8. The fraction of sp³-hybridized carbons (Fsp3) is 0.833. The van der Waals surface area contributed by atoms with Gasteiger partial charge in [0.2, 0.25) is 5.91 Å². The van der Waals surface area contributed by atoms with Gasteiger partial charge < -0.3 is 20.3 Å². The highest BCUT2D eigenvalue weighted by Crippen LogP contribution is 2.18. The molecule has 0 radical (unpaired) electrons. The Labute approximate surface area is 410 Å². The van der Waals surface area contributed by atoms with E-state index in [0.29, 0.717) is 19.3 Å². The molecule has 1 amide bonds. The summed E-state index contributed by atoms with van der Waals surface area (Å²) in [4.78, 5) is 26.2. The molecule has 3 atom stereocenters. The zero-order valence-electron chi connectivity index (χ0n) is 44.1. The van der Waals surface area contributed by atoms with E-state index in [0.717, 1.165) is 70.6 Å². The SMILES string of the molecule is CCCCC/C=C\C/C=C\CCCCCCCCCC(=O)OC(CCC/C=C/C=C/CCCCCCCCC)CC(=O)NC(CO)C(O)CCCCCCCCCCCCCCCCCC. The smallest absolute Gasteiger partial charge is 0.306 e. The van der Waals surface area contributed by atoms with Gasteiger partial charge in [-0.25, -0.2) is 0 Å². The Balaban J connectivity index is 4.58. The van der Waals surface area contributed by atoms with Crippen LogP contribution in [0.3, 0.4) is 0 Å². The molecule has 0 aromatic rings. The molecule has 0 aliphatic carbocycles. The van der Waals surface area contributed by atoms with E-state index in [9.17, 15) is 19.8 Å². The molecule has 3 N–H and O–H groups in total. The maximum absolute atomic E-state index is 13.3. The van der Waals surface area contributed by atoms with Gasteiger partial charge in [0.05, 0.1) is 25.2 Å². The maximum atomic E-state index is 13.3. The number of rotatable bonds is 52. The lowest BCUT2D eigenvalue weighted by Crippen LogP contribution is -2.46. The number of aliphatic hydroxyl groups excluding tert-OH is 2. The number of carbonyl (C=O) groups is 2. The van der Waals surface area contributed by atoms with E-state index in [-0.39, 0.29) is 24.9 Å². The highest BCUT2D eigenvalue weighted by atomic mass is 16.5. The van der Waals surface area contributed by atoms with Crippen molar-refractivity contribution in [2.24, 2.45) is 0 Å². The van der Waals surface area contributed by atoms with Crippen LogP contribution in [-0.2, 0) is 14.3 Å². The minimum absolute atomic E-state index is 0.0427. The number of ether oxygens (including phenoxy) is 1. The summed E-state index contributed by atoms with van der Waals surface area (Å²) in [5.41, 5.74) is 0. The number of unbranched alkanes of at least 4 members (excludes halogenated alkanes) is 33. The summed E-state index contributed by atoms with van der Waals surface area (Å²) >= 11 is 0. The number of esters is 1. The monoisotopic (exact) mass is 926 g/mol. The van der Waals surface area contributed by atoms with E-state index in [2.05, 4.69) is 74.7 Å². The Kier molecular flexibility index (Phi) is 52.0. The van der Waals surface area contributed by atoms with Gasteiger partial charge in [0, 0.05) is 6.42 Å². The molecule has 0 aliphatic heterocycles. The fourth-order valence-corrected chi connectivity index (χ4v) is 8.75. The van der Waals surface area contributed by atoms with Crippen LogP contribution in [0.2, 0.25) is 0 Å². The second-order valence-electron chi connectivity index (χ2n) is 19.7. The van der Waals surface area contributed by atoms with Gasteiger partial charge in [-0.2, -0.15) is 0 Å². The fourth-order valence-electron chi connectivity index (χ4n) is 8.75. The lowest BCUT2D eigenvalue weighted by atomic mass is 10.0. The van der Waals surface area contributed by atoms with Crippen LogP contribution in [0.15, 0.2) is 48.6 Å². The molecule has 0 spiro atoms. The molecule has 386 valence electrons. The van der Waals surface area contributed by atoms with Crippen LogP contribution in [-0.4, -0.2) is 46.9 Å². The van der Waals surface area contributed by atoms with Gasteiger partial charge in [0.1, 0.15) is 6.10 Å². The maximum Gasteiger partial charge on any atom is 0.306 e. The van der Waals surface area contributed by atoms with Gasteiger partial charge in [0.15, 0.2) is 0 Å². The third-order valence-electron chi connectivity index (χ3n) is 13.2. The quantitative estimate of drug-likeness (QED) is 0.0244. The number of nitrogens with one attached hydrogen (secondary N) is 1. The molecule has 0 saturated carbocycles. The summed E-state index contributed by atoms with van der Waals surface area (Å²) in [6.07, 6.45) is 66.1. The van der Waals surface area contributed by atoms with Crippen LogP contribution in [0.5, 0.6) is 0 Å². The van der Waals surface area contributed by atoms with Gasteiger partial charge in [-0.1, -0.05) is 256 Å². The average molecular weight is 927 g/mol. The van der Waals surface area contributed by atoms with Gasteiger partial charge in [0.25, 0.3) is 0 Å². The van der Waals surface area contributed by atoms with E-state index in [1.165, 1.54) is 180 Å². The Hall–Kier alpha value is -2.18. The summed E-state index contributed by atoms with van der Waals surface area (Å²) in [6, 6.07) is -0.718. The predicted octanol–water partition coefficient (Wildman–Crippen LogP) is 17.8. The molecule has 3 unspecified atom stereocenters. The topological polar surface area (TPSA) is 95.9 Å². The first-order valence-electron chi connectivity index (χ1n) is 28.9. The molecule has 66 heavy (non-hydrogen) atoms. The number of amides is 1. The number of hydrogen-bond acceptors (Lipinski definition) is 5. The van der Waals surface area contributed by atoms with Crippen molar-refractivity contribution in [2.75, 3.05) is 6.61 Å². The second-order valence-corrected chi connectivity index (χ2v) is 19.7. The van der Waals surface area contributed by atoms with Crippen molar-refractivity contribution in [3.8, 4) is 0 Å². The normalized spacial score (nSPS) is 13.5. The highest BCUT2D eigenvalue weighted by molar-refractivity contribution is 5.77. The van der Waals surface area contributed by atoms with Crippen molar-refractivity contribution in [2.45, 2.75) is 315 Å². The third-order valence-corrected chi connectivity index (χ3v) is 13.2. The van der Waals surface area contributed by atoms with Crippen molar-refractivity contribution < 1.29 is 24.5 Å². The summed E-state index contributed by atoms with van der Waals surface area (Å²) < 4.78 is 5.93. The van der Waals surface area contributed by atoms with Gasteiger partial charge in [-0.15, -0.1) is 0 Å². The number of carbonyl (C=O) groups excluding carboxylic acids is 2. The van der Waals surface area contributed by atoms with Crippen LogP contribution in [0.25, 0.3) is 0 Å². The van der Waals surface area contributed by atoms with Crippen molar-refractivity contribution in [1.29, 1.82) is 0 Å². The lowest BCUT2D eigenvalue weighted by Gasteiger charge is -2.24. The standard InChI is InChI=1S/C60H111NO5/c1-4-7-10-13-16-19-22-25-28-30-32-35-38-41-44-47-50-53-60(65)66-56(51-48-45-42-39-36-33-27-24-21-18-15-12-9-6-3)54-59(64)61-57(55-62)58(63)52-49-46-43-40-37-34-31-29-26-23-20-17-14-11-8-5-2/h16,19,25,28,33,36,39,42,56-58,62-63H,4-15,17-18,20-24,26-27,29-32,34-35,37-38,40-41,43-55H2,1-3H3,(H,61,64)/b19-16-,28-25-,36-33+,42-39+. The molecule has 0 saturated heterocycles. The van der Waals surface area contributed by atoms with Crippen LogP contribution in [0, 0.1) is 0 Å². The molecule has 0 heterocycles. The Morgan fingerprint density at radius 3 is 1.30 bits per heavy atom. The molecular weight excluding hydrogens is 815 g/mol. The summed E-state index contributed by atoms with van der Waals surface area (Å²) in [5, 5.41) is 23.9. The number of allylic oxidation sites excluding steroid dienone is 8. The third kappa shape index (κ3) is 48.3. The minimum Gasteiger partial charge on any atom is -0.462 e. The van der Waals surface area contributed by atoms with E-state index in [1.807, 2.05) is 0 Å². The van der Waals surface area contributed by atoms with Gasteiger partial charge in [-0.05, 0) is 77.0 Å². The number of aliphatic hydroxyl groups is 2. The largest absolute Gasteiger partial charge is 0.462 e. The number of hydrogen-bond donors (Lipinski definition) is 3. The van der Waals surface area contributed by atoms with E-state index in [1.54, 1.807) is 0 Å². The van der Waals surface area contributed by atoms with Gasteiger partial charge >= 0.3 is 5.97 Å². The van der Waals surface area contributed by atoms with Crippen LogP contribution >= 0.6 is 0 Å². The summed E-state index contributed by atoms with van der Waals surface area (Å²) in [5.74, 6) is -0.520. The molecule has 0 bridgehead atoms. The molecule has 6 nitrogen and oxygen atoms in total. The Bertz CT molecular complexity index is 1130. The lowest BCUT2D eigenvalue weighted by molar-refractivity contribution is -0.151. The first-order valence-corrected chi connectivity index (χ1v) is 28.9. The molecule has 6 heteroatoms. The molecule has 0 aromatic carbocycles. The van der Waals surface area contributed by atoms with Gasteiger partial charge in [-0.3, -0.25) is 9.59 Å². The summed E-state index contributed by atoms with van der Waals surface area (Å²) in [6.45, 7) is 6.47. The molecule has 0 fully saturated rings. The zero-order chi connectivity index (χ0) is 48.1. The molecule has 0 aliphatic rings. The molecule has 0 aromatic heterocycles. The van der Waals surface area contributed by atoms with E-state index < -0.39 is 18.2 Å². The van der Waals surface area contributed by atoms with Crippen LogP contribution in [0.1, 0.15) is 297 Å². The van der Waals surface area contributed by atoms with Crippen LogP contribution < -0.4 is 5.32 Å². The Morgan fingerprint density at radius 1 is 0.455 bits per heavy atom. The predicted molar refractivity (Wildman–Crippen MR) is 287 cm³/mol. The van der Waals surface area contributed by atoms with Crippen molar-refractivity contribution in [3.05, 3.63) is 48.6 Å². The van der Waals surface area contributed by atoms with Crippen molar-refractivity contribution >= 4 is 11.9 Å². The Morgan fingerprint density at radius 2 is 0.833 bits per heavy atom. The zero-order valence-corrected chi connectivity index (χ0v) is 44.1. The highest BCUT2D eigenvalue weighted by Gasteiger charge is 2.24. The molecular formula is C60H111NO5. The minimum atomic E-state index is -0.801. The first kappa shape index (κ1) is 63.8. The van der Waals surface area contributed by atoms with Crippen molar-refractivity contribution in [3.63, 3.8) is 0 Å². The average Bonchev–Trinajstić information content (AvgIpc) is 3.31. The van der Waals surface area contributed by atoms with E-state index >= 15 is 0 Å². The van der Waals surface area contributed by atoms with Crippen molar-refractivity contribution in [1.82, 2.24) is 5.32 Å². The summed E-state index contributed by atoms with van der Waals surface area (Å²) in [7, 11) is 0. The molecule has 0 rings (SSSR count).